The summed E-state index contributed by atoms with van der Waals surface area (Å²) in [5.74, 6) is 4.65. The Morgan fingerprint density at radius 3 is 2.64 bits per heavy atom. The molecular weight excluding hydrogens is 467 g/mol. The molecular formula is C20H21ClF3N5O4. The van der Waals surface area contributed by atoms with Crippen molar-refractivity contribution in [2.24, 2.45) is 5.92 Å². The predicted molar refractivity (Wildman–Crippen MR) is 113 cm³/mol. The summed E-state index contributed by atoms with van der Waals surface area (Å²) in [6.45, 7) is -1.77. The summed E-state index contributed by atoms with van der Waals surface area (Å²) < 4.78 is 42.8. The minimum atomic E-state index is -4.53. The zero-order chi connectivity index (χ0) is 24.2. The molecule has 9 nitrogen and oxygen atoms in total. The van der Waals surface area contributed by atoms with Gasteiger partial charge in [-0.1, -0.05) is 23.4 Å². The molecule has 1 aliphatic carbocycles. The molecule has 3 atom stereocenters. The van der Waals surface area contributed by atoms with Crippen LogP contribution in [-0.2, 0) is 0 Å². The zero-order valence-electron chi connectivity index (χ0n) is 17.3. The Labute approximate surface area is 192 Å². The molecule has 3 rings (SSSR count). The highest BCUT2D eigenvalue weighted by Crippen LogP contribution is 2.36. The Morgan fingerprint density at radius 2 is 2.06 bits per heavy atom. The van der Waals surface area contributed by atoms with Gasteiger partial charge in [-0.25, -0.2) is 4.98 Å². The topological polar surface area (TPSA) is 133 Å². The van der Waals surface area contributed by atoms with Gasteiger partial charge in [0.1, 0.15) is 18.2 Å². The SMILES string of the molecule is COc1ccc(C#Cc2c(Cl)nc(NCC(F)(F)F)nc2N[C@]2(O)CC[C@H](CO)[C@H]2O)cn1. The van der Waals surface area contributed by atoms with Crippen molar-refractivity contribution in [1.29, 1.82) is 0 Å². The number of aliphatic hydroxyl groups is 3. The molecule has 2 aromatic heterocycles. The molecule has 2 aromatic rings. The van der Waals surface area contributed by atoms with E-state index in [2.05, 4.69) is 32.1 Å². The smallest absolute Gasteiger partial charge is 0.405 e. The Bertz CT molecular complexity index is 1040. The number of pyridine rings is 1. The fourth-order valence-corrected chi connectivity index (χ4v) is 3.45. The largest absolute Gasteiger partial charge is 0.481 e. The molecule has 33 heavy (non-hydrogen) atoms. The molecule has 1 aliphatic rings. The van der Waals surface area contributed by atoms with Crippen LogP contribution < -0.4 is 15.4 Å². The van der Waals surface area contributed by atoms with Crippen molar-refractivity contribution in [3.63, 3.8) is 0 Å². The van der Waals surface area contributed by atoms with Crippen molar-refractivity contribution in [2.45, 2.75) is 30.8 Å². The number of methoxy groups -OCH3 is 1. The van der Waals surface area contributed by atoms with Crippen LogP contribution in [0, 0.1) is 17.8 Å². The normalized spacial score (nSPS) is 22.4. The van der Waals surface area contributed by atoms with E-state index in [1.165, 1.54) is 13.3 Å². The third kappa shape index (κ3) is 6.14. The van der Waals surface area contributed by atoms with Gasteiger partial charge < -0.3 is 30.7 Å². The lowest BCUT2D eigenvalue weighted by atomic mass is 10.0. The third-order valence-electron chi connectivity index (χ3n) is 4.99. The van der Waals surface area contributed by atoms with Crippen molar-refractivity contribution in [3.8, 4) is 17.7 Å². The molecule has 1 fully saturated rings. The number of hydrogen-bond acceptors (Lipinski definition) is 9. The van der Waals surface area contributed by atoms with E-state index >= 15 is 0 Å². The van der Waals surface area contributed by atoms with Crippen LogP contribution >= 0.6 is 11.6 Å². The number of aliphatic hydroxyl groups excluding tert-OH is 2. The average molecular weight is 488 g/mol. The lowest BCUT2D eigenvalue weighted by Crippen LogP contribution is -2.48. The number of aromatic nitrogens is 3. The summed E-state index contributed by atoms with van der Waals surface area (Å²) in [5.41, 5.74) is -1.46. The molecule has 0 saturated heterocycles. The number of rotatable bonds is 6. The van der Waals surface area contributed by atoms with Gasteiger partial charge in [-0.15, -0.1) is 0 Å². The first-order valence-electron chi connectivity index (χ1n) is 9.74. The van der Waals surface area contributed by atoms with Crippen molar-refractivity contribution >= 4 is 23.4 Å². The number of nitrogens with zero attached hydrogens (tertiary/aromatic N) is 3. The minimum absolute atomic E-state index is 0.0156. The average Bonchev–Trinajstić information content (AvgIpc) is 3.05. The van der Waals surface area contributed by atoms with Crippen LogP contribution in [-0.4, -0.2) is 68.5 Å². The summed E-state index contributed by atoms with van der Waals surface area (Å²) in [7, 11) is 1.46. The van der Waals surface area contributed by atoms with Gasteiger partial charge in [0.2, 0.25) is 11.8 Å². The number of hydrogen-bond donors (Lipinski definition) is 5. The first-order chi connectivity index (χ1) is 15.5. The van der Waals surface area contributed by atoms with E-state index in [4.69, 9.17) is 16.3 Å². The molecule has 0 spiro atoms. The molecule has 2 heterocycles. The summed E-state index contributed by atoms with van der Waals surface area (Å²) in [4.78, 5) is 11.8. The lowest BCUT2D eigenvalue weighted by Gasteiger charge is -2.30. The zero-order valence-corrected chi connectivity index (χ0v) is 18.1. The van der Waals surface area contributed by atoms with Crippen molar-refractivity contribution in [3.05, 3.63) is 34.6 Å². The lowest BCUT2D eigenvalue weighted by molar-refractivity contribution is -0.115. The molecule has 13 heteroatoms. The predicted octanol–water partition coefficient (Wildman–Crippen LogP) is 1.77. The van der Waals surface area contributed by atoms with Crippen LogP contribution in [0.5, 0.6) is 5.88 Å². The van der Waals surface area contributed by atoms with Crippen LogP contribution in [0.25, 0.3) is 0 Å². The Morgan fingerprint density at radius 1 is 1.30 bits per heavy atom. The molecule has 5 N–H and O–H groups in total. The molecule has 0 radical (unpaired) electrons. The number of halogens is 4. The van der Waals surface area contributed by atoms with E-state index in [9.17, 15) is 28.5 Å². The molecule has 0 aliphatic heterocycles. The number of alkyl halides is 3. The van der Waals surface area contributed by atoms with E-state index in [-0.39, 0.29) is 29.6 Å². The monoisotopic (exact) mass is 487 g/mol. The van der Waals surface area contributed by atoms with Crippen LogP contribution in [0.2, 0.25) is 5.15 Å². The van der Waals surface area contributed by atoms with Gasteiger partial charge in [-0.2, -0.15) is 23.1 Å². The van der Waals surface area contributed by atoms with E-state index in [0.717, 1.165) is 0 Å². The molecule has 0 aromatic carbocycles. The highest BCUT2D eigenvalue weighted by atomic mass is 35.5. The quantitative estimate of drug-likeness (QED) is 0.235. The maximum Gasteiger partial charge on any atom is 0.405 e. The van der Waals surface area contributed by atoms with E-state index < -0.39 is 36.4 Å². The van der Waals surface area contributed by atoms with Gasteiger partial charge in [-0.05, 0) is 18.9 Å². The molecule has 178 valence electrons. The molecule has 0 unspecified atom stereocenters. The summed E-state index contributed by atoms with van der Waals surface area (Å²) in [6, 6.07) is 3.21. The van der Waals surface area contributed by atoms with Gasteiger partial charge in [0, 0.05) is 30.4 Å². The Hall–Kier alpha value is -2.85. The molecule has 1 saturated carbocycles. The van der Waals surface area contributed by atoms with E-state index in [0.29, 0.717) is 17.9 Å². The summed E-state index contributed by atoms with van der Waals surface area (Å²) >= 11 is 6.19. The van der Waals surface area contributed by atoms with E-state index in [1.54, 1.807) is 12.1 Å². The second kappa shape index (κ2) is 9.96. The van der Waals surface area contributed by atoms with Gasteiger partial charge in [-0.3, -0.25) is 0 Å². The highest BCUT2D eigenvalue weighted by Gasteiger charge is 2.47. The van der Waals surface area contributed by atoms with Crippen molar-refractivity contribution in [2.75, 3.05) is 30.9 Å². The maximum atomic E-state index is 12.6. The number of ether oxygens (including phenoxy) is 1. The number of nitrogens with one attached hydrogen (secondary N) is 2. The van der Waals surface area contributed by atoms with Crippen molar-refractivity contribution < 1.29 is 33.2 Å². The second-order valence-electron chi connectivity index (χ2n) is 7.35. The maximum absolute atomic E-state index is 12.6. The molecule has 0 bridgehead atoms. The van der Waals surface area contributed by atoms with Gasteiger partial charge >= 0.3 is 6.18 Å². The first-order valence-corrected chi connectivity index (χ1v) is 10.1. The van der Waals surface area contributed by atoms with E-state index in [1.807, 2.05) is 5.32 Å². The van der Waals surface area contributed by atoms with Gasteiger partial charge in [0.25, 0.3) is 0 Å². The van der Waals surface area contributed by atoms with Crippen LogP contribution in [0.4, 0.5) is 24.9 Å². The second-order valence-corrected chi connectivity index (χ2v) is 7.70. The van der Waals surface area contributed by atoms with Crippen LogP contribution in [0.3, 0.4) is 0 Å². The summed E-state index contributed by atoms with van der Waals surface area (Å²) in [6.07, 6.45) is -4.11. The Balaban J connectivity index is 1.98. The van der Waals surface area contributed by atoms with Crippen LogP contribution in [0.1, 0.15) is 24.0 Å². The number of anilines is 2. The Kier molecular flexibility index (Phi) is 7.48. The van der Waals surface area contributed by atoms with Gasteiger partial charge in [0.15, 0.2) is 16.7 Å². The minimum Gasteiger partial charge on any atom is -0.481 e. The van der Waals surface area contributed by atoms with Crippen LogP contribution in [0.15, 0.2) is 18.3 Å². The third-order valence-corrected chi connectivity index (χ3v) is 5.26. The summed E-state index contributed by atoms with van der Waals surface area (Å²) in [5, 5.41) is 35.0. The first kappa shape index (κ1) is 24.8. The van der Waals surface area contributed by atoms with Gasteiger partial charge in [0.05, 0.1) is 7.11 Å². The van der Waals surface area contributed by atoms with Crippen molar-refractivity contribution in [1.82, 2.24) is 15.0 Å². The highest BCUT2D eigenvalue weighted by molar-refractivity contribution is 6.31. The fraction of sp³-hybridized carbons (Fsp3) is 0.450. The molecule has 0 amide bonds. The fourth-order valence-electron chi connectivity index (χ4n) is 3.24. The standard InChI is InChI=1S/C20H21ClF3N5O4/c1-33-14-5-3-11(8-25-14)2-4-13-16(21)27-18(26-10-20(22,23)24)28-17(13)29-19(32)7-6-12(9-30)15(19)31/h3,5,8,12,15,30-32H,6-7,9-10H2,1H3,(H2,26,27,28,29)/t12-,15-,19+/m1/s1.